The third kappa shape index (κ3) is 4.66. The molecular formula is C16H26N6O. The second-order valence-electron chi connectivity index (χ2n) is 5.53. The van der Waals surface area contributed by atoms with E-state index in [2.05, 4.69) is 30.0 Å². The van der Waals surface area contributed by atoms with Crippen LogP contribution in [0.15, 0.2) is 24.4 Å². The molecule has 2 aromatic heterocycles. The highest BCUT2D eigenvalue weighted by Gasteiger charge is 2.21. The molecule has 0 amide bonds. The average Bonchev–Trinajstić information content (AvgIpc) is 2.95. The van der Waals surface area contributed by atoms with Crippen LogP contribution in [0.1, 0.15) is 18.7 Å². The van der Waals surface area contributed by atoms with Gasteiger partial charge in [0.1, 0.15) is 5.82 Å². The maximum absolute atomic E-state index is 4.80. The van der Waals surface area contributed by atoms with Crippen LogP contribution in [0.4, 0.5) is 5.95 Å². The van der Waals surface area contributed by atoms with Crippen molar-refractivity contribution in [3.05, 3.63) is 30.2 Å². The number of ether oxygens (including phenoxy) is 1. The van der Waals surface area contributed by atoms with Gasteiger partial charge in [-0.25, -0.2) is 4.98 Å². The third-order valence-corrected chi connectivity index (χ3v) is 4.10. The lowest BCUT2D eigenvalue weighted by atomic mass is 10.1. The van der Waals surface area contributed by atoms with Gasteiger partial charge < -0.3 is 19.5 Å². The molecule has 3 heterocycles. The Kier molecular flexibility index (Phi) is 6.34. The van der Waals surface area contributed by atoms with E-state index < -0.39 is 0 Å². The molecule has 0 bridgehead atoms. The Balaban J connectivity index is 0.000000203. The van der Waals surface area contributed by atoms with Crippen molar-refractivity contribution in [2.75, 3.05) is 32.1 Å². The summed E-state index contributed by atoms with van der Waals surface area (Å²) in [5.74, 6) is 2.63. The maximum Gasteiger partial charge on any atom is 0.226 e. The second kappa shape index (κ2) is 8.47. The van der Waals surface area contributed by atoms with Crippen LogP contribution in [0.5, 0.6) is 5.88 Å². The Labute approximate surface area is 137 Å². The Bertz CT molecular complexity index is 578. The molecule has 1 aliphatic heterocycles. The maximum atomic E-state index is 4.80. The molecule has 0 saturated carbocycles. The van der Waals surface area contributed by atoms with Gasteiger partial charge in [-0.3, -0.25) is 0 Å². The Hall–Kier alpha value is -2.15. The fraction of sp³-hybridized carbons (Fsp3) is 0.562. The standard InChI is InChI=1S/C10H19N5.C6H7NO/c1-8-12-13-10(14(8)3)15-6-4-9(11-2)5-7-15;1-8-6-4-2-3-5-7-6/h9,11H,4-7H2,1-3H3;2-5H,1H3. The Morgan fingerprint density at radius 3 is 2.39 bits per heavy atom. The van der Waals surface area contributed by atoms with E-state index in [1.807, 2.05) is 33.2 Å². The van der Waals surface area contributed by atoms with Crippen molar-refractivity contribution in [3.8, 4) is 5.88 Å². The summed E-state index contributed by atoms with van der Waals surface area (Å²) in [5.41, 5.74) is 0. The van der Waals surface area contributed by atoms with E-state index in [1.165, 1.54) is 12.8 Å². The Morgan fingerprint density at radius 1 is 1.22 bits per heavy atom. The molecule has 1 N–H and O–H groups in total. The van der Waals surface area contributed by atoms with Crippen molar-refractivity contribution in [1.29, 1.82) is 0 Å². The monoisotopic (exact) mass is 318 g/mol. The van der Waals surface area contributed by atoms with Crippen LogP contribution in [0.3, 0.4) is 0 Å². The lowest BCUT2D eigenvalue weighted by Gasteiger charge is -2.32. The zero-order valence-electron chi connectivity index (χ0n) is 14.4. The molecule has 0 aromatic carbocycles. The number of nitrogens with one attached hydrogen (secondary N) is 1. The third-order valence-electron chi connectivity index (χ3n) is 4.10. The zero-order valence-corrected chi connectivity index (χ0v) is 14.4. The summed E-state index contributed by atoms with van der Waals surface area (Å²) in [7, 11) is 5.66. The van der Waals surface area contributed by atoms with E-state index in [0.717, 1.165) is 24.9 Å². The summed E-state index contributed by atoms with van der Waals surface area (Å²) in [5, 5.41) is 11.6. The number of rotatable bonds is 3. The average molecular weight is 318 g/mol. The van der Waals surface area contributed by atoms with Crippen molar-refractivity contribution in [3.63, 3.8) is 0 Å². The second-order valence-corrected chi connectivity index (χ2v) is 5.53. The normalized spacial score (nSPS) is 15.0. The fourth-order valence-corrected chi connectivity index (χ4v) is 2.51. The quantitative estimate of drug-likeness (QED) is 0.923. The highest BCUT2D eigenvalue weighted by molar-refractivity contribution is 5.31. The van der Waals surface area contributed by atoms with Gasteiger partial charge in [-0.1, -0.05) is 6.07 Å². The first kappa shape index (κ1) is 17.2. The molecule has 3 rings (SSSR count). The minimum Gasteiger partial charge on any atom is -0.481 e. The number of aromatic nitrogens is 4. The van der Waals surface area contributed by atoms with Gasteiger partial charge in [0.2, 0.25) is 11.8 Å². The van der Waals surface area contributed by atoms with Crippen LogP contribution < -0.4 is 15.0 Å². The molecule has 0 spiro atoms. The van der Waals surface area contributed by atoms with Gasteiger partial charge in [-0.2, -0.15) is 0 Å². The molecule has 126 valence electrons. The summed E-state index contributed by atoms with van der Waals surface area (Å²) in [4.78, 5) is 6.19. The molecule has 7 nitrogen and oxygen atoms in total. The zero-order chi connectivity index (χ0) is 16.7. The highest BCUT2D eigenvalue weighted by Crippen LogP contribution is 2.17. The molecule has 0 atom stereocenters. The lowest BCUT2D eigenvalue weighted by molar-refractivity contribution is 0.398. The largest absolute Gasteiger partial charge is 0.481 e. The van der Waals surface area contributed by atoms with Crippen LogP contribution in [0.25, 0.3) is 0 Å². The van der Waals surface area contributed by atoms with Crippen molar-refractivity contribution < 1.29 is 4.74 Å². The number of piperidine rings is 1. The van der Waals surface area contributed by atoms with Gasteiger partial charge in [0.15, 0.2) is 0 Å². The number of hydrogen-bond acceptors (Lipinski definition) is 6. The molecule has 7 heteroatoms. The fourth-order valence-electron chi connectivity index (χ4n) is 2.51. The van der Waals surface area contributed by atoms with Crippen LogP contribution in [0.2, 0.25) is 0 Å². The van der Waals surface area contributed by atoms with Crippen molar-refractivity contribution >= 4 is 5.95 Å². The number of aryl methyl sites for hydroxylation is 1. The molecule has 0 aliphatic carbocycles. The highest BCUT2D eigenvalue weighted by atomic mass is 16.5. The Morgan fingerprint density at radius 2 is 1.96 bits per heavy atom. The summed E-state index contributed by atoms with van der Waals surface area (Å²) in [6.07, 6.45) is 4.06. The molecule has 0 unspecified atom stereocenters. The summed E-state index contributed by atoms with van der Waals surface area (Å²) in [6, 6.07) is 6.20. The summed E-state index contributed by atoms with van der Waals surface area (Å²) >= 11 is 0. The number of nitrogens with zero attached hydrogens (tertiary/aromatic N) is 5. The number of anilines is 1. The molecular weight excluding hydrogens is 292 g/mol. The van der Waals surface area contributed by atoms with Gasteiger partial charge in [0, 0.05) is 38.4 Å². The molecule has 2 aromatic rings. The van der Waals surface area contributed by atoms with Gasteiger partial charge in [0.05, 0.1) is 7.11 Å². The smallest absolute Gasteiger partial charge is 0.226 e. The summed E-state index contributed by atoms with van der Waals surface area (Å²) < 4.78 is 6.86. The van der Waals surface area contributed by atoms with E-state index >= 15 is 0 Å². The van der Waals surface area contributed by atoms with Gasteiger partial charge >= 0.3 is 0 Å². The van der Waals surface area contributed by atoms with E-state index in [0.29, 0.717) is 11.9 Å². The lowest BCUT2D eigenvalue weighted by Crippen LogP contribution is -2.42. The first-order valence-electron chi connectivity index (χ1n) is 7.89. The number of hydrogen-bond donors (Lipinski definition) is 1. The van der Waals surface area contributed by atoms with Crippen LogP contribution in [-0.4, -0.2) is 53.0 Å². The van der Waals surface area contributed by atoms with Crippen molar-refractivity contribution in [2.45, 2.75) is 25.8 Å². The topological polar surface area (TPSA) is 68.1 Å². The molecule has 23 heavy (non-hydrogen) atoms. The van der Waals surface area contributed by atoms with Gasteiger partial charge in [-0.05, 0) is 32.9 Å². The first-order chi connectivity index (χ1) is 11.2. The SMILES string of the molecule is CNC1CCN(c2nnc(C)n2C)CC1.COc1ccccn1. The van der Waals surface area contributed by atoms with Gasteiger partial charge in [-0.15, -0.1) is 10.2 Å². The predicted molar refractivity (Wildman–Crippen MR) is 90.8 cm³/mol. The summed E-state index contributed by atoms with van der Waals surface area (Å²) in [6.45, 7) is 4.12. The minimum absolute atomic E-state index is 0.660. The van der Waals surface area contributed by atoms with E-state index in [1.54, 1.807) is 19.4 Å². The number of methoxy groups -OCH3 is 1. The van der Waals surface area contributed by atoms with Crippen LogP contribution in [0, 0.1) is 6.92 Å². The molecule has 0 radical (unpaired) electrons. The van der Waals surface area contributed by atoms with E-state index in [9.17, 15) is 0 Å². The van der Waals surface area contributed by atoms with Gasteiger partial charge in [0.25, 0.3) is 0 Å². The van der Waals surface area contributed by atoms with Crippen molar-refractivity contribution in [2.24, 2.45) is 7.05 Å². The number of pyridine rings is 1. The van der Waals surface area contributed by atoms with Crippen LogP contribution in [-0.2, 0) is 7.05 Å². The molecule has 1 saturated heterocycles. The van der Waals surface area contributed by atoms with Crippen LogP contribution >= 0.6 is 0 Å². The van der Waals surface area contributed by atoms with E-state index in [-0.39, 0.29) is 0 Å². The van der Waals surface area contributed by atoms with E-state index in [4.69, 9.17) is 4.74 Å². The minimum atomic E-state index is 0.660. The molecule has 1 aliphatic rings. The van der Waals surface area contributed by atoms with Crippen molar-refractivity contribution in [1.82, 2.24) is 25.1 Å². The first-order valence-corrected chi connectivity index (χ1v) is 7.89. The molecule has 1 fully saturated rings. The predicted octanol–water partition coefficient (Wildman–Crippen LogP) is 1.40.